The molecule has 2 aromatic rings. The third-order valence-electron chi connectivity index (χ3n) is 3.19. The van der Waals surface area contributed by atoms with Crippen molar-refractivity contribution in [2.24, 2.45) is 0 Å². The van der Waals surface area contributed by atoms with E-state index in [1.165, 1.54) is 6.07 Å². The first-order valence-electron chi connectivity index (χ1n) is 6.15. The lowest BCUT2D eigenvalue weighted by atomic mass is 10.1. The van der Waals surface area contributed by atoms with Crippen LogP contribution in [0.1, 0.15) is 29.7 Å². The highest BCUT2D eigenvalue weighted by molar-refractivity contribution is 5.23. The number of nitrogens with one attached hydrogen (secondary N) is 1. The fourth-order valence-corrected chi connectivity index (χ4v) is 1.84. The van der Waals surface area contributed by atoms with Crippen LogP contribution < -0.4 is 5.32 Å². The minimum Gasteiger partial charge on any atom is -0.306 e. The third-order valence-corrected chi connectivity index (χ3v) is 3.19. The molecule has 1 aromatic carbocycles. The van der Waals surface area contributed by atoms with Crippen molar-refractivity contribution in [1.82, 2.24) is 10.3 Å². The average molecular weight is 262 g/mol. The molecule has 0 saturated heterocycles. The van der Waals surface area contributed by atoms with Gasteiger partial charge in [0.25, 0.3) is 0 Å². The Morgan fingerprint density at radius 2 is 2.00 bits per heavy atom. The number of aryl methyl sites for hydroxylation is 1. The second-order valence-electron chi connectivity index (χ2n) is 4.58. The Morgan fingerprint density at radius 1 is 1.21 bits per heavy atom. The fourth-order valence-electron chi connectivity index (χ4n) is 1.84. The van der Waals surface area contributed by atoms with E-state index in [1.807, 2.05) is 19.9 Å². The van der Waals surface area contributed by atoms with Crippen LogP contribution in [-0.2, 0) is 6.54 Å². The SMILES string of the molecule is Cc1ccncc1CNC(C)c1ccc(F)c(F)c1. The molecule has 0 amide bonds. The molecule has 100 valence electrons. The number of nitrogens with zero attached hydrogens (tertiary/aromatic N) is 1. The van der Waals surface area contributed by atoms with E-state index in [1.54, 1.807) is 18.5 Å². The van der Waals surface area contributed by atoms with Gasteiger partial charge in [0.1, 0.15) is 0 Å². The standard InChI is InChI=1S/C15H16F2N2/c1-10-5-6-18-8-13(10)9-19-11(2)12-3-4-14(16)15(17)7-12/h3-8,11,19H,9H2,1-2H3. The maximum Gasteiger partial charge on any atom is 0.159 e. The first-order valence-corrected chi connectivity index (χ1v) is 6.15. The van der Waals surface area contributed by atoms with Crippen LogP contribution in [0.5, 0.6) is 0 Å². The smallest absolute Gasteiger partial charge is 0.159 e. The second-order valence-corrected chi connectivity index (χ2v) is 4.58. The molecule has 1 atom stereocenters. The van der Waals surface area contributed by atoms with Crippen molar-refractivity contribution in [1.29, 1.82) is 0 Å². The van der Waals surface area contributed by atoms with Crippen molar-refractivity contribution in [2.75, 3.05) is 0 Å². The van der Waals surface area contributed by atoms with Crippen LogP contribution in [0.25, 0.3) is 0 Å². The summed E-state index contributed by atoms with van der Waals surface area (Å²) in [5.74, 6) is -1.64. The maximum absolute atomic E-state index is 13.2. The van der Waals surface area contributed by atoms with Gasteiger partial charge in [-0.3, -0.25) is 4.98 Å². The highest BCUT2D eigenvalue weighted by Gasteiger charge is 2.09. The number of pyridine rings is 1. The minimum absolute atomic E-state index is 0.0605. The Hall–Kier alpha value is -1.81. The summed E-state index contributed by atoms with van der Waals surface area (Å²) < 4.78 is 26.0. The zero-order valence-corrected chi connectivity index (χ0v) is 11.0. The Labute approximate surface area is 111 Å². The molecule has 0 aliphatic rings. The van der Waals surface area contributed by atoms with Crippen LogP contribution in [0.4, 0.5) is 8.78 Å². The highest BCUT2D eigenvalue weighted by Crippen LogP contribution is 2.16. The number of halogens is 2. The predicted octanol–water partition coefficient (Wildman–Crippen LogP) is 3.52. The average Bonchev–Trinajstić information content (AvgIpc) is 2.40. The van der Waals surface area contributed by atoms with Gasteiger partial charge in [0, 0.05) is 25.0 Å². The summed E-state index contributed by atoms with van der Waals surface area (Å²) in [6.07, 6.45) is 3.55. The van der Waals surface area contributed by atoms with E-state index in [4.69, 9.17) is 0 Å². The van der Waals surface area contributed by atoms with Crippen LogP contribution in [-0.4, -0.2) is 4.98 Å². The Balaban J connectivity index is 2.03. The molecule has 0 bridgehead atoms. The third kappa shape index (κ3) is 3.35. The Kier molecular flexibility index (Phi) is 4.22. The number of aromatic nitrogens is 1. The largest absolute Gasteiger partial charge is 0.306 e. The van der Waals surface area contributed by atoms with E-state index in [9.17, 15) is 8.78 Å². The highest BCUT2D eigenvalue weighted by atomic mass is 19.2. The predicted molar refractivity (Wildman–Crippen MR) is 70.6 cm³/mol. The van der Waals surface area contributed by atoms with Gasteiger partial charge in [0.15, 0.2) is 11.6 Å². The van der Waals surface area contributed by atoms with Gasteiger partial charge in [-0.25, -0.2) is 8.78 Å². The van der Waals surface area contributed by atoms with Gasteiger partial charge >= 0.3 is 0 Å². The van der Waals surface area contributed by atoms with Crippen molar-refractivity contribution in [3.8, 4) is 0 Å². The van der Waals surface area contributed by atoms with Crippen molar-refractivity contribution >= 4 is 0 Å². The second kappa shape index (κ2) is 5.89. The first-order chi connectivity index (χ1) is 9.08. The van der Waals surface area contributed by atoms with Crippen LogP contribution in [0, 0.1) is 18.6 Å². The lowest BCUT2D eigenvalue weighted by molar-refractivity contribution is 0.500. The molecule has 0 spiro atoms. The monoisotopic (exact) mass is 262 g/mol. The summed E-state index contributed by atoms with van der Waals surface area (Å²) in [6.45, 7) is 4.57. The van der Waals surface area contributed by atoms with Crippen molar-refractivity contribution < 1.29 is 8.78 Å². The summed E-state index contributed by atoms with van der Waals surface area (Å²) in [4.78, 5) is 4.07. The Morgan fingerprint density at radius 3 is 2.68 bits per heavy atom. The molecule has 2 rings (SSSR count). The summed E-state index contributed by atoms with van der Waals surface area (Å²) in [7, 11) is 0. The van der Waals surface area contributed by atoms with Gasteiger partial charge in [0.2, 0.25) is 0 Å². The van der Waals surface area contributed by atoms with Gasteiger partial charge in [0.05, 0.1) is 0 Å². The number of hydrogen-bond donors (Lipinski definition) is 1. The van der Waals surface area contributed by atoms with Crippen molar-refractivity contribution in [3.05, 3.63) is 65.0 Å². The summed E-state index contributed by atoms with van der Waals surface area (Å²) >= 11 is 0. The van der Waals surface area contributed by atoms with Gasteiger partial charge in [-0.05, 0) is 48.7 Å². The van der Waals surface area contributed by atoms with Crippen LogP contribution >= 0.6 is 0 Å². The molecule has 1 N–H and O–H groups in total. The van der Waals surface area contributed by atoms with E-state index in [0.29, 0.717) is 6.54 Å². The molecule has 0 saturated carbocycles. The van der Waals surface area contributed by atoms with Gasteiger partial charge in [-0.2, -0.15) is 0 Å². The number of benzene rings is 1. The number of rotatable bonds is 4. The molecule has 1 aromatic heterocycles. The zero-order valence-electron chi connectivity index (χ0n) is 11.0. The molecule has 0 aliphatic carbocycles. The topological polar surface area (TPSA) is 24.9 Å². The Bertz CT molecular complexity index is 570. The minimum atomic E-state index is -0.820. The summed E-state index contributed by atoms with van der Waals surface area (Å²) in [5.41, 5.74) is 2.97. The molecular weight excluding hydrogens is 246 g/mol. The molecule has 0 fully saturated rings. The van der Waals surface area contributed by atoms with Crippen molar-refractivity contribution in [2.45, 2.75) is 26.4 Å². The summed E-state index contributed by atoms with van der Waals surface area (Å²) in [5, 5.41) is 3.27. The molecule has 4 heteroatoms. The molecule has 2 nitrogen and oxygen atoms in total. The van der Waals surface area contributed by atoms with E-state index >= 15 is 0 Å². The van der Waals surface area contributed by atoms with Gasteiger partial charge < -0.3 is 5.32 Å². The van der Waals surface area contributed by atoms with E-state index < -0.39 is 11.6 Å². The molecule has 0 aliphatic heterocycles. The van der Waals surface area contributed by atoms with Gasteiger partial charge in [-0.15, -0.1) is 0 Å². The molecule has 1 unspecified atom stereocenters. The van der Waals surface area contributed by atoms with Crippen LogP contribution in [0.2, 0.25) is 0 Å². The van der Waals surface area contributed by atoms with Crippen molar-refractivity contribution in [3.63, 3.8) is 0 Å². The van der Waals surface area contributed by atoms with Crippen LogP contribution in [0.15, 0.2) is 36.7 Å². The molecule has 0 radical (unpaired) electrons. The van der Waals surface area contributed by atoms with E-state index in [0.717, 1.165) is 22.8 Å². The van der Waals surface area contributed by atoms with Crippen LogP contribution in [0.3, 0.4) is 0 Å². The zero-order chi connectivity index (χ0) is 13.8. The first kappa shape index (κ1) is 13.6. The lowest BCUT2D eigenvalue weighted by Gasteiger charge is -2.15. The summed E-state index contributed by atoms with van der Waals surface area (Å²) in [6, 6.07) is 5.85. The maximum atomic E-state index is 13.2. The quantitative estimate of drug-likeness (QED) is 0.912. The molecule has 1 heterocycles. The van der Waals surface area contributed by atoms with E-state index in [2.05, 4.69) is 10.3 Å². The molecule has 19 heavy (non-hydrogen) atoms. The normalized spacial score (nSPS) is 12.4. The lowest BCUT2D eigenvalue weighted by Crippen LogP contribution is -2.19. The number of hydrogen-bond acceptors (Lipinski definition) is 2. The van der Waals surface area contributed by atoms with E-state index in [-0.39, 0.29) is 6.04 Å². The van der Waals surface area contributed by atoms with Gasteiger partial charge in [-0.1, -0.05) is 6.07 Å². The fraction of sp³-hybridized carbons (Fsp3) is 0.267. The molecular formula is C15H16F2N2.